The van der Waals surface area contributed by atoms with Crippen molar-refractivity contribution in [1.29, 1.82) is 0 Å². The molecule has 2 aliphatic rings. The molecule has 2 unspecified atom stereocenters. The molecule has 0 aromatic rings. The molecule has 13 heavy (non-hydrogen) atoms. The van der Waals surface area contributed by atoms with Crippen molar-refractivity contribution in [2.75, 3.05) is 6.54 Å². The zero-order chi connectivity index (χ0) is 9.64. The van der Waals surface area contributed by atoms with Crippen LogP contribution in [0.15, 0.2) is 0 Å². The first kappa shape index (κ1) is 9.51. The topological polar surface area (TPSA) is 26.0 Å². The third kappa shape index (κ3) is 1.24. The normalized spacial score (nSPS) is 46.4. The third-order valence-electron chi connectivity index (χ3n) is 4.39. The Bertz CT molecular complexity index is 199. The van der Waals surface area contributed by atoms with Crippen molar-refractivity contribution in [3.63, 3.8) is 0 Å². The molecule has 0 aromatic carbocycles. The quantitative estimate of drug-likeness (QED) is 0.693. The van der Waals surface area contributed by atoms with Crippen LogP contribution in [0.5, 0.6) is 0 Å². The van der Waals surface area contributed by atoms with Gasteiger partial charge < -0.3 is 5.73 Å². The van der Waals surface area contributed by atoms with Crippen molar-refractivity contribution in [3.8, 4) is 0 Å². The van der Waals surface area contributed by atoms with Gasteiger partial charge in [0.15, 0.2) is 0 Å². The summed E-state index contributed by atoms with van der Waals surface area (Å²) in [5.74, 6) is 4.09. The lowest BCUT2D eigenvalue weighted by atomic mass is 9.88. The van der Waals surface area contributed by atoms with Crippen molar-refractivity contribution in [2.24, 2.45) is 34.8 Å². The summed E-state index contributed by atoms with van der Waals surface area (Å²) >= 11 is 0. The van der Waals surface area contributed by atoms with Crippen LogP contribution in [0.2, 0.25) is 0 Å². The Balaban J connectivity index is 1.80. The van der Waals surface area contributed by atoms with Gasteiger partial charge in [0, 0.05) is 0 Å². The van der Waals surface area contributed by atoms with E-state index in [4.69, 9.17) is 5.73 Å². The highest BCUT2D eigenvalue weighted by Crippen LogP contribution is 2.87. The maximum Gasteiger partial charge on any atom is -0.00772 e. The lowest BCUT2D eigenvalue weighted by molar-refractivity contribution is 0.321. The van der Waals surface area contributed by atoms with E-state index in [0.29, 0.717) is 0 Å². The summed E-state index contributed by atoms with van der Waals surface area (Å²) in [7, 11) is 0. The fourth-order valence-electron chi connectivity index (χ4n) is 3.80. The molecule has 0 amide bonds. The highest BCUT2D eigenvalue weighted by atomic mass is 14.9. The summed E-state index contributed by atoms with van der Waals surface area (Å²) in [4.78, 5) is 0. The fraction of sp³-hybridized carbons (Fsp3) is 1.00. The third-order valence-corrected chi connectivity index (χ3v) is 4.39. The van der Waals surface area contributed by atoms with Crippen LogP contribution in [-0.4, -0.2) is 6.54 Å². The van der Waals surface area contributed by atoms with Gasteiger partial charge in [-0.15, -0.1) is 0 Å². The minimum atomic E-state index is 0.809. The Labute approximate surface area is 82.1 Å². The molecular formula is C12H23N. The van der Waals surface area contributed by atoms with Crippen LogP contribution in [-0.2, 0) is 0 Å². The molecule has 2 rings (SSSR count). The Morgan fingerprint density at radius 2 is 2.08 bits per heavy atom. The van der Waals surface area contributed by atoms with Crippen LogP contribution < -0.4 is 5.73 Å². The zero-order valence-electron chi connectivity index (χ0n) is 9.22. The van der Waals surface area contributed by atoms with Crippen molar-refractivity contribution in [1.82, 2.24) is 0 Å². The van der Waals surface area contributed by atoms with Crippen LogP contribution in [0.4, 0.5) is 0 Å². The Kier molecular flexibility index (Phi) is 2.18. The summed E-state index contributed by atoms with van der Waals surface area (Å²) in [6.07, 6.45) is 4.11. The highest BCUT2D eigenvalue weighted by Gasteiger charge is 2.82. The summed E-state index contributed by atoms with van der Waals surface area (Å²) < 4.78 is 0. The monoisotopic (exact) mass is 181 g/mol. The van der Waals surface area contributed by atoms with Gasteiger partial charge in [0.1, 0.15) is 0 Å². The van der Waals surface area contributed by atoms with E-state index >= 15 is 0 Å². The van der Waals surface area contributed by atoms with E-state index < -0.39 is 0 Å². The van der Waals surface area contributed by atoms with E-state index in [9.17, 15) is 0 Å². The number of fused-ring (bicyclic) bond motifs is 1. The number of hydrogen-bond donors (Lipinski definition) is 1. The first-order valence-corrected chi connectivity index (χ1v) is 5.84. The molecule has 2 aliphatic carbocycles. The molecule has 0 saturated heterocycles. The van der Waals surface area contributed by atoms with Crippen LogP contribution in [0.1, 0.15) is 40.0 Å². The lowest BCUT2D eigenvalue weighted by Gasteiger charge is -2.17. The van der Waals surface area contributed by atoms with E-state index in [1.807, 2.05) is 0 Å². The van der Waals surface area contributed by atoms with E-state index in [2.05, 4.69) is 20.8 Å². The van der Waals surface area contributed by atoms with E-state index in [0.717, 1.165) is 35.6 Å². The molecule has 76 valence electrons. The van der Waals surface area contributed by atoms with E-state index in [-0.39, 0.29) is 0 Å². The molecule has 0 aliphatic heterocycles. The maximum atomic E-state index is 5.54. The molecule has 1 heteroatoms. The molecule has 0 heterocycles. The molecule has 1 nitrogen and oxygen atoms in total. The molecule has 4 atom stereocenters. The summed E-state index contributed by atoms with van der Waals surface area (Å²) in [5.41, 5.74) is 6.35. The SMILES string of the molecule is CC(C)C[C@]12C(C)C1[C@H]2CCCN. The molecule has 0 spiro atoms. The second-order valence-electron chi connectivity index (χ2n) is 5.56. The fourth-order valence-corrected chi connectivity index (χ4v) is 3.80. The predicted molar refractivity (Wildman–Crippen MR) is 56.3 cm³/mol. The van der Waals surface area contributed by atoms with Gasteiger partial charge >= 0.3 is 0 Å². The van der Waals surface area contributed by atoms with Gasteiger partial charge in [-0.25, -0.2) is 0 Å². The number of hydrogen-bond acceptors (Lipinski definition) is 1. The highest BCUT2D eigenvalue weighted by molar-refractivity contribution is 5.29. The Morgan fingerprint density at radius 1 is 1.38 bits per heavy atom. The summed E-state index contributed by atoms with van der Waals surface area (Å²) in [6, 6.07) is 0. The first-order chi connectivity index (χ1) is 6.14. The van der Waals surface area contributed by atoms with E-state index in [1.54, 1.807) is 0 Å². The van der Waals surface area contributed by atoms with Gasteiger partial charge in [0.2, 0.25) is 0 Å². The molecule has 0 radical (unpaired) electrons. The van der Waals surface area contributed by atoms with Crippen molar-refractivity contribution in [2.45, 2.75) is 40.0 Å². The Hall–Kier alpha value is -0.0400. The van der Waals surface area contributed by atoms with Gasteiger partial charge in [-0.1, -0.05) is 20.8 Å². The Morgan fingerprint density at radius 3 is 2.54 bits per heavy atom. The first-order valence-electron chi connectivity index (χ1n) is 5.84. The van der Waals surface area contributed by atoms with Crippen molar-refractivity contribution >= 4 is 0 Å². The van der Waals surface area contributed by atoms with Gasteiger partial charge in [0.25, 0.3) is 0 Å². The van der Waals surface area contributed by atoms with Gasteiger partial charge in [0.05, 0.1) is 0 Å². The standard InChI is InChI=1S/C12H23N/c1-8(2)7-12-9(3)11(12)10(12)5-4-6-13/h8-11H,4-7,13H2,1-3H3/t9?,10-,11?,12-/m1/s1. The maximum absolute atomic E-state index is 5.54. The molecule has 2 N–H and O–H groups in total. The van der Waals surface area contributed by atoms with Gasteiger partial charge in [-0.3, -0.25) is 0 Å². The average molecular weight is 181 g/mol. The minimum absolute atomic E-state index is 0.809. The predicted octanol–water partition coefficient (Wildman–Crippen LogP) is 2.65. The average Bonchev–Trinajstić information content (AvgIpc) is 2.86. The van der Waals surface area contributed by atoms with Crippen LogP contribution in [0.25, 0.3) is 0 Å². The van der Waals surface area contributed by atoms with Crippen LogP contribution in [0.3, 0.4) is 0 Å². The summed E-state index contributed by atoms with van der Waals surface area (Å²) in [6.45, 7) is 8.03. The largest absolute Gasteiger partial charge is 0.330 e. The molecule has 0 bridgehead atoms. The minimum Gasteiger partial charge on any atom is -0.330 e. The number of rotatable bonds is 5. The summed E-state index contributed by atoms with van der Waals surface area (Å²) in [5, 5.41) is 0. The van der Waals surface area contributed by atoms with E-state index in [1.165, 1.54) is 19.3 Å². The molecular weight excluding hydrogens is 158 g/mol. The smallest absolute Gasteiger partial charge is 0.00772 e. The van der Waals surface area contributed by atoms with Crippen molar-refractivity contribution in [3.05, 3.63) is 0 Å². The van der Waals surface area contributed by atoms with Crippen LogP contribution in [0, 0.1) is 29.1 Å². The zero-order valence-corrected chi connectivity index (χ0v) is 9.22. The molecule has 2 saturated carbocycles. The van der Waals surface area contributed by atoms with Crippen LogP contribution >= 0.6 is 0 Å². The van der Waals surface area contributed by atoms with Gasteiger partial charge in [-0.2, -0.15) is 0 Å². The van der Waals surface area contributed by atoms with Crippen molar-refractivity contribution < 1.29 is 0 Å². The molecule has 2 fully saturated rings. The van der Waals surface area contributed by atoms with Gasteiger partial charge in [-0.05, 0) is 54.9 Å². The second kappa shape index (κ2) is 2.98. The second-order valence-corrected chi connectivity index (χ2v) is 5.56. The molecule has 0 aromatic heterocycles. The number of nitrogens with two attached hydrogens (primary N) is 1. The lowest BCUT2D eigenvalue weighted by Crippen LogP contribution is -2.11.